The number of hydrogen-bond acceptors (Lipinski definition) is 2. The van der Waals surface area contributed by atoms with Gasteiger partial charge >= 0.3 is 0 Å². The lowest BCUT2D eigenvalue weighted by Crippen LogP contribution is -2.28. The molecule has 1 heterocycles. The minimum Gasteiger partial charge on any atom is -0.310 e. The van der Waals surface area contributed by atoms with Gasteiger partial charge in [-0.1, -0.05) is 133 Å². The van der Waals surface area contributed by atoms with E-state index >= 15 is 0 Å². The van der Waals surface area contributed by atoms with E-state index in [1.165, 1.54) is 44.2 Å². The average molecular weight is 676 g/mol. The molecule has 0 spiro atoms. The Morgan fingerprint density at radius 3 is 1.77 bits per heavy atom. The molecule has 1 aliphatic rings. The van der Waals surface area contributed by atoms with Crippen LogP contribution in [0.1, 0.15) is 27.8 Å². The molecule has 8 aromatic carbocycles. The summed E-state index contributed by atoms with van der Waals surface area (Å²) in [6.45, 7) is 0. The number of nitriles is 1. The summed E-state index contributed by atoms with van der Waals surface area (Å²) in [6.07, 6.45) is 0. The highest BCUT2D eigenvalue weighted by molar-refractivity contribution is 6.10. The third kappa shape index (κ3) is 4.67. The van der Waals surface area contributed by atoms with Gasteiger partial charge in [0.15, 0.2) is 0 Å². The number of hydrogen-bond donors (Lipinski definition) is 0. The van der Waals surface area contributed by atoms with Crippen LogP contribution in [0.25, 0.3) is 38.6 Å². The molecule has 3 heteroatoms. The summed E-state index contributed by atoms with van der Waals surface area (Å²) in [6, 6.07) is 73.8. The number of anilines is 3. The molecule has 0 fully saturated rings. The van der Waals surface area contributed by atoms with Crippen LogP contribution in [0.4, 0.5) is 17.1 Å². The molecule has 0 unspecified atom stereocenters. The van der Waals surface area contributed by atoms with Crippen molar-refractivity contribution in [3.63, 3.8) is 0 Å². The van der Waals surface area contributed by atoms with Crippen LogP contribution in [0.2, 0.25) is 0 Å². The Morgan fingerprint density at radius 1 is 0.434 bits per heavy atom. The number of benzene rings is 8. The molecule has 0 saturated carbocycles. The molecule has 0 N–H and O–H groups in total. The van der Waals surface area contributed by atoms with Gasteiger partial charge in [0, 0.05) is 33.5 Å². The third-order valence-electron chi connectivity index (χ3n) is 10.9. The van der Waals surface area contributed by atoms with Crippen molar-refractivity contribution in [3.8, 4) is 22.9 Å². The zero-order valence-electron chi connectivity index (χ0n) is 28.9. The fourth-order valence-corrected chi connectivity index (χ4v) is 8.69. The zero-order valence-corrected chi connectivity index (χ0v) is 28.9. The Bertz CT molecular complexity index is 2810. The Balaban J connectivity index is 1.25. The molecule has 53 heavy (non-hydrogen) atoms. The quantitative estimate of drug-likeness (QED) is 0.176. The molecular weight excluding hydrogens is 643 g/mol. The van der Waals surface area contributed by atoms with E-state index in [0.29, 0.717) is 5.56 Å². The molecule has 0 bridgehead atoms. The maximum absolute atomic E-state index is 10.0. The number of fused-ring (bicyclic) bond motifs is 6. The second-order valence-electron chi connectivity index (χ2n) is 13.6. The van der Waals surface area contributed by atoms with E-state index in [1.807, 2.05) is 18.2 Å². The van der Waals surface area contributed by atoms with Crippen molar-refractivity contribution in [2.75, 3.05) is 4.90 Å². The lowest BCUT2D eigenvalue weighted by molar-refractivity contribution is 0.768. The van der Waals surface area contributed by atoms with Crippen molar-refractivity contribution < 1.29 is 0 Å². The number of para-hydroxylation sites is 2. The summed E-state index contributed by atoms with van der Waals surface area (Å²) in [5.41, 5.74) is 13.9. The van der Waals surface area contributed by atoms with Crippen LogP contribution in [0.5, 0.6) is 0 Å². The standard InChI is InChI=1S/C50H33N3/c51-34-35-15-14-22-39(31-35)52(40-28-30-49-45(32-40)44-24-11-13-26-48(44)53(49)38-20-8-3-9-21-38)41-27-29-43-42-23-10-12-25-46(42)50(47(43)33-41,36-16-4-1-5-17-36)37-18-6-2-7-19-37/h1-33H. The van der Waals surface area contributed by atoms with Gasteiger partial charge in [0.05, 0.1) is 28.1 Å². The summed E-state index contributed by atoms with van der Waals surface area (Å²) in [5, 5.41) is 12.4. The van der Waals surface area contributed by atoms with Gasteiger partial charge in [-0.05, 0) is 100 Å². The van der Waals surface area contributed by atoms with E-state index in [2.05, 4.69) is 198 Å². The molecule has 0 amide bonds. The molecule has 0 atom stereocenters. The van der Waals surface area contributed by atoms with Crippen molar-refractivity contribution >= 4 is 38.9 Å². The Kier molecular flexibility index (Phi) is 7.09. The van der Waals surface area contributed by atoms with Crippen LogP contribution in [0.15, 0.2) is 200 Å². The van der Waals surface area contributed by atoms with E-state index in [4.69, 9.17) is 0 Å². The first kappa shape index (κ1) is 30.7. The van der Waals surface area contributed by atoms with Gasteiger partial charge in [-0.2, -0.15) is 5.26 Å². The second-order valence-corrected chi connectivity index (χ2v) is 13.6. The maximum Gasteiger partial charge on any atom is 0.0992 e. The first-order valence-electron chi connectivity index (χ1n) is 18.0. The molecule has 248 valence electrons. The summed E-state index contributed by atoms with van der Waals surface area (Å²) >= 11 is 0. The van der Waals surface area contributed by atoms with Gasteiger partial charge in [-0.15, -0.1) is 0 Å². The van der Waals surface area contributed by atoms with Crippen molar-refractivity contribution in [2.45, 2.75) is 5.41 Å². The topological polar surface area (TPSA) is 32.0 Å². The minimum atomic E-state index is -0.530. The monoisotopic (exact) mass is 675 g/mol. The first-order valence-corrected chi connectivity index (χ1v) is 18.0. The molecule has 9 aromatic rings. The van der Waals surface area contributed by atoms with E-state index in [9.17, 15) is 5.26 Å². The van der Waals surface area contributed by atoms with Crippen LogP contribution >= 0.6 is 0 Å². The SMILES string of the molecule is N#Cc1cccc(N(c2ccc3c(c2)C(c2ccccc2)(c2ccccc2)c2ccccc2-3)c2ccc3c(c2)c2ccccc2n3-c2ccccc2)c1. The smallest absolute Gasteiger partial charge is 0.0992 e. The molecule has 0 aliphatic heterocycles. The molecular formula is C50H33N3. The number of nitrogens with zero attached hydrogens (tertiary/aromatic N) is 3. The normalized spacial score (nSPS) is 12.7. The van der Waals surface area contributed by atoms with Crippen LogP contribution in [-0.2, 0) is 5.41 Å². The highest BCUT2D eigenvalue weighted by Crippen LogP contribution is 2.57. The van der Waals surface area contributed by atoms with Gasteiger partial charge < -0.3 is 9.47 Å². The van der Waals surface area contributed by atoms with Crippen LogP contribution in [-0.4, -0.2) is 4.57 Å². The van der Waals surface area contributed by atoms with Gasteiger partial charge in [-0.3, -0.25) is 0 Å². The Labute approximate surface area is 308 Å². The van der Waals surface area contributed by atoms with Crippen LogP contribution in [0.3, 0.4) is 0 Å². The minimum absolute atomic E-state index is 0.530. The lowest BCUT2D eigenvalue weighted by Gasteiger charge is -2.35. The van der Waals surface area contributed by atoms with Crippen LogP contribution < -0.4 is 4.90 Å². The van der Waals surface area contributed by atoms with E-state index in [0.717, 1.165) is 33.8 Å². The zero-order chi connectivity index (χ0) is 35.4. The average Bonchev–Trinajstić information content (AvgIpc) is 3.72. The van der Waals surface area contributed by atoms with E-state index in [1.54, 1.807) is 0 Å². The van der Waals surface area contributed by atoms with Gasteiger partial charge in [0.2, 0.25) is 0 Å². The third-order valence-corrected chi connectivity index (χ3v) is 10.9. The molecule has 3 nitrogen and oxygen atoms in total. The number of aromatic nitrogens is 1. The largest absolute Gasteiger partial charge is 0.310 e. The molecule has 1 aromatic heterocycles. The fraction of sp³-hybridized carbons (Fsp3) is 0.0200. The van der Waals surface area contributed by atoms with Gasteiger partial charge in [0.25, 0.3) is 0 Å². The Hall–Kier alpha value is -7.15. The predicted molar refractivity (Wildman–Crippen MR) is 217 cm³/mol. The van der Waals surface area contributed by atoms with Gasteiger partial charge in [0.1, 0.15) is 0 Å². The van der Waals surface area contributed by atoms with Crippen LogP contribution in [0, 0.1) is 11.3 Å². The number of rotatable bonds is 6. The fourth-order valence-electron chi connectivity index (χ4n) is 8.69. The van der Waals surface area contributed by atoms with Crippen molar-refractivity contribution in [3.05, 3.63) is 228 Å². The lowest BCUT2D eigenvalue weighted by atomic mass is 9.67. The maximum atomic E-state index is 10.0. The summed E-state index contributed by atoms with van der Waals surface area (Å²) in [7, 11) is 0. The predicted octanol–water partition coefficient (Wildman–Crippen LogP) is 12.5. The first-order chi connectivity index (χ1) is 26.3. The van der Waals surface area contributed by atoms with Crippen molar-refractivity contribution in [2.24, 2.45) is 0 Å². The second kappa shape index (κ2) is 12.3. The van der Waals surface area contributed by atoms with Crippen molar-refractivity contribution in [1.29, 1.82) is 5.26 Å². The summed E-state index contributed by atoms with van der Waals surface area (Å²) in [4.78, 5) is 2.30. The summed E-state index contributed by atoms with van der Waals surface area (Å²) in [5.74, 6) is 0. The molecule has 1 aliphatic carbocycles. The van der Waals surface area contributed by atoms with E-state index < -0.39 is 5.41 Å². The van der Waals surface area contributed by atoms with Gasteiger partial charge in [-0.25, -0.2) is 0 Å². The molecule has 0 radical (unpaired) electrons. The Morgan fingerprint density at radius 2 is 1.02 bits per heavy atom. The highest BCUT2D eigenvalue weighted by atomic mass is 15.1. The summed E-state index contributed by atoms with van der Waals surface area (Å²) < 4.78 is 2.34. The molecule has 10 rings (SSSR count). The molecule has 0 saturated heterocycles. The van der Waals surface area contributed by atoms with E-state index in [-0.39, 0.29) is 0 Å². The highest BCUT2D eigenvalue weighted by Gasteiger charge is 2.46. The van der Waals surface area contributed by atoms with Crippen molar-refractivity contribution in [1.82, 2.24) is 4.57 Å².